The minimum atomic E-state index is -0.131. The van der Waals surface area contributed by atoms with Crippen molar-refractivity contribution in [1.82, 2.24) is 0 Å². The fourth-order valence-electron chi connectivity index (χ4n) is 2.47. The second-order valence-electron chi connectivity index (χ2n) is 5.33. The summed E-state index contributed by atoms with van der Waals surface area (Å²) in [6, 6.07) is 9.06. The summed E-state index contributed by atoms with van der Waals surface area (Å²) >= 11 is 0. The van der Waals surface area contributed by atoms with Crippen LogP contribution >= 0.6 is 0 Å². The van der Waals surface area contributed by atoms with Crippen molar-refractivity contribution in [2.24, 2.45) is 0 Å². The molecule has 0 aliphatic heterocycles. The Morgan fingerprint density at radius 2 is 1.83 bits per heavy atom. The first-order valence-corrected chi connectivity index (χ1v) is 7.35. The average Bonchev–Trinajstić information content (AvgIpc) is 2.56. The number of ketones is 1. The number of phenols is 1. The van der Waals surface area contributed by atoms with Crippen LogP contribution in [0, 0.1) is 13.8 Å². The highest BCUT2D eigenvalue weighted by molar-refractivity contribution is 6.07. The molecular weight excluding hydrogens is 290 g/mol. The minimum Gasteiger partial charge on any atom is -0.507 e. The number of hydrogen-bond donors (Lipinski definition) is 2. The van der Waals surface area contributed by atoms with Gasteiger partial charge in [-0.25, -0.2) is 0 Å². The molecule has 2 aromatic rings. The molecule has 4 heteroatoms. The number of ether oxygens (including phenoxy) is 1. The first-order valence-electron chi connectivity index (χ1n) is 7.35. The summed E-state index contributed by atoms with van der Waals surface area (Å²) in [5.74, 6) is 0.568. The van der Waals surface area contributed by atoms with Crippen molar-refractivity contribution in [1.29, 1.82) is 0 Å². The molecule has 0 radical (unpaired) electrons. The van der Waals surface area contributed by atoms with Crippen LogP contribution in [0.15, 0.2) is 36.4 Å². The van der Waals surface area contributed by atoms with E-state index < -0.39 is 0 Å². The van der Waals surface area contributed by atoms with Crippen molar-refractivity contribution < 1.29 is 14.6 Å². The average molecular weight is 311 g/mol. The molecule has 120 valence electrons. The third-order valence-corrected chi connectivity index (χ3v) is 3.73. The summed E-state index contributed by atoms with van der Waals surface area (Å²) in [5.41, 5.74) is 3.70. The summed E-state index contributed by atoms with van der Waals surface area (Å²) in [5, 5.41) is 13.2. The molecule has 0 saturated heterocycles. The van der Waals surface area contributed by atoms with Gasteiger partial charge < -0.3 is 15.2 Å². The zero-order valence-electron chi connectivity index (χ0n) is 13.8. The monoisotopic (exact) mass is 311 g/mol. The molecule has 0 aliphatic rings. The van der Waals surface area contributed by atoms with Crippen molar-refractivity contribution in [3.8, 4) is 11.5 Å². The molecule has 0 bridgehead atoms. The van der Waals surface area contributed by atoms with E-state index in [0.29, 0.717) is 16.9 Å². The standard InChI is InChI=1S/C19H21NO3/c1-12-11-13(2)19(23-4)16(18(12)22)9-10-17(21)14-5-7-15(20-3)8-6-14/h5-11,20,22H,1-4H3. The third kappa shape index (κ3) is 3.54. The lowest BCUT2D eigenvalue weighted by molar-refractivity contribution is 0.104. The number of benzene rings is 2. The fraction of sp³-hybridized carbons (Fsp3) is 0.211. The smallest absolute Gasteiger partial charge is 0.185 e. The Morgan fingerprint density at radius 1 is 1.17 bits per heavy atom. The van der Waals surface area contributed by atoms with Crippen LogP contribution in [-0.4, -0.2) is 25.0 Å². The van der Waals surface area contributed by atoms with Crippen molar-refractivity contribution in [2.45, 2.75) is 13.8 Å². The van der Waals surface area contributed by atoms with Crippen LogP contribution in [0.3, 0.4) is 0 Å². The quantitative estimate of drug-likeness (QED) is 0.648. The summed E-state index contributed by atoms with van der Waals surface area (Å²) in [6.45, 7) is 3.72. The highest BCUT2D eigenvalue weighted by Crippen LogP contribution is 2.35. The molecule has 0 fully saturated rings. The number of carbonyl (C=O) groups excluding carboxylic acids is 1. The van der Waals surface area contributed by atoms with E-state index in [0.717, 1.165) is 16.8 Å². The van der Waals surface area contributed by atoms with Crippen molar-refractivity contribution >= 4 is 17.5 Å². The highest BCUT2D eigenvalue weighted by Gasteiger charge is 2.13. The van der Waals surface area contributed by atoms with Gasteiger partial charge in [-0.3, -0.25) is 4.79 Å². The minimum absolute atomic E-state index is 0.127. The number of aryl methyl sites for hydroxylation is 2. The van der Waals surface area contributed by atoms with E-state index >= 15 is 0 Å². The second-order valence-corrected chi connectivity index (χ2v) is 5.33. The zero-order valence-corrected chi connectivity index (χ0v) is 13.8. The van der Waals surface area contributed by atoms with Crippen LogP contribution in [0.25, 0.3) is 6.08 Å². The summed E-state index contributed by atoms with van der Waals surface area (Å²) < 4.78 is 5.35. The molecule has 0 saturated carbocycles. The van der Waals surface area contributed by atoms with Gasteiger partial charge in [-0.15, -0.1) is 0 Å². The number of phenolic OH excluding ortho intramolecular Hbond substituents is 1. The number of allylic oxidation sites excluding steroid dienone is 1. The Bertz CT molecular complexity index is 746. The van der Waals surface area contributed by atoms with Crippen LogP contribution < -0.4 is 10.1 Å². The Hall–Kier alpha value is -2.75. The Balaban J connectivity index is 2.34. The number of nitrogens with one attached hydrogen (secondary N) is 1. The molecule has 0 spiro atoms. The number of carbonyl (C=O) groups is 1. The lowest BCUT2D eigenvalue weighted by Crippen LogP contribution is -1.97. The fourth-order valence-corrected chi connectivity index (χ4v) is 2.47. The topological polar surface area (TPSA) is 58.6 Å². The molecule has 0 heterocycles. The van der Waals surface area contributed by atoms with Gasteiger partial charge in [-0.1, -0.05) is 0 Å². The van der Waals surface area contributed by atoms with Gasteiger partial charge in [0.05, 0.1) is 12.7 Å². The molecule has 0 atom stereocenters. The van der Waals surface area contributed by atoms with Crippen molar-refractivity contribution in [3.05, 3.63) is 58.7 Å². The van der Waals surface area contributed by atoms with Crippen LogP contribution in [0.4, 0.5) is 5.69 Å². The van der Waals surface area contributed by atoms with Gasteiger partial charge >= 0.3 is 0 Å². The molecule has 0 aliphatic carbocycles. The summed E-state index contributed by atoms with van der Waals surface area (Å²) in [7, 11) is 3.37. The first-order chi connectivity index (χ1) is 11.0. The van der Waals surface area contributed by atoms with E-state index in [9.17, 15) is 9.90 Å². The van der Waals surface area contributed by atoms with Gasteiger partial charge in [-0.2, -0.15) is 0 Å². The molecule has 0 aromatic heterocycles. The predicted octanol–water partition coefficient (Wildman–Crippen LogP) is 3.96. The van der Waals surface area contributed by atoms with Gasteiger partial charge in [0.1, 0.15) is 11.5 Å². The van der Waals surface area contributed by atoms with Crippen molar-refractivity contribution in [2.75, 3.05) is 19.5 Å². The van der Waals surface area contributed by atoms with E-state index in [1.165, 1.54) is 6.08 Å². The molecule has 2 aromatic carbocycles. The van der Waals surface area contributed by atoms with Crippen LogP contribution in [0.2, 0.25) is 0 Å². The van der Waals surface area contributed by atoms with Crippen molar-refractivity contribution in [3.63, 3.8) is 0 Å². The third-order valence-electron chi connectivity index (χ3n) is 3.73. The zero-order chi connectivity index (χ0) is 17.0. The van der Waals surface area contributed by atoms with Crippen LogP contribution in [0.5, 0.6) is 11.5 Å². The normalized spacial score (nSPS) is 10.8. The van der Waals surface area contributed by atoms with E-state index in [1.54, 1.807) is 25.3 Å². The second kappa shape index (κ2) is 7.01. The molecule has 4 nitrogen and oxygen atoms in total. The Morgan fingerprint density at radius 3 is 2.39 bits per heavy atom. The predicted molar refractivity (Wildman–Crippen MR) is 93.5 cm³/mol. The molecule has 0 unspecified atom stereocenters. The maximum atomic E-state index is 12.3. The first kappa shape index (κ1) is 16.6. The van der Waals surface area contributed by atoms with Gasteiger partial charge in [0.15, 0.2) is 5.78 Å². The largest absolute Gasteiger partial charge is 0.507 e. The van der Waals surface area contributed by atoms with Gasteiger partial charge in [0.25, 0.3) is 0 Å². The number of rotatable bonds is 5. The maximum Gasteiger partial charge on any atom is 0.185 e. The van der Waals surface area contributed by atoms with E-state index in [2.05, 4.69) is 5.32 Å². The highest BCUT2D eigenvalue weighted by atomic mass is 16.5. The van der Waals surface area contributed by atoms with E-state index in [4.69, 9.17) is 4.74 Å². The molecule has 2 N–H and O–H groups in total. The van der Waals surface area contributed by atoms with E-state index in [-0.39, 0.29) is 11.5 Å². The Kier molecular flexibility index (Phi) is 5.06. The lowest BCUT2D eigenvalue weighted by Gasteiger charge is -2.12. The summed E-state index contributed by atoms with van der Waals surface area (Å²) in [6.07, 6.45) is 3.05. The number of aromatic hydroxyl groups is 1. The number of anilines is 1. The molecule has 2 rings (SSSR count). The number of hydrogen-bond acceptors (Lipinski definition) is 4. The SMILES string of the molecule is CNc1ccc(C(=O)C=Cc2c(O)c(C)cc(C)c2OC)cc1. The van der Waals surface area contributed by atoms with Crippen LogP contribution in [-0.2, 0) is 0 Å². The lowest BCUT2D eigenvalue weighted by atomic mass is 10.0. The van der Waals surface area contributed by atoms with Gasteiger partial charge in [0.2, 0.25) is 0 Å². The van der Waals surface area contributed by atoms with Crippen LogP contribution in [0.1, 0.15) is 27.0 Å². The summed E-state index contributed by atoms with van der Waals surface area (Å²) in [4.78, 5) is 12.3. The number of methoxy groups -OCH3 is 1. The maximum absolute atomic E-state index is 12.3. The van der Waals surface area contributed by atoms with E-state index in [1.807, 2.05) is 39.1 Å². The Labute approximate surface area is 136 Å². The van der Waals surface area contributed by atoms with Gasteiger partial charge in [-0.05, 0) is 67.5 Å². The molecular formula is C19H21NO3. The molecule has 23 heavy (non-hydrogen) atoms. The van der Waals surface area contributed by atoms with Gasteiger partial charge in [0, 0.05) is 18.3 Å². The molecule has 0 amide bonds.